The van der Waals surface area contributed by atoms with E-state index in [1.54, 1.807) is 0 Å². The van der Waals surface area contributed by atoms with E-state index in [9.17, 15) is 0 Å². The summed E-state index contributed by atoms with van der Waals surface area (Å²) in [6.07, 6.45) is 4.75. The molecule has 0 radical (unpaired) electrons. The van der Waals surface area contributed by atoms with E-state index in [1.165, 1.54) is 23.7 Å². The molecule has 0 saturated heterocycles. The summed E-state index contributed by atoms with van der Waals surface area (Å²) in [6.45, 7) is 4.25. The lowest BCUT2D eigenvalue weighted by Gasteiger charge is -2.07. The van der Waals surface area contributed by atoms with Crippen LogP contribution in [0.3, 0.4) is 0 Å². The second-order valence-electron chi connectivity index (χ2n) is 4.88. The minimum Gasteiger partial charge on any atom is -0.494 e. The topological polar surface area (TPSA) is 23.4 Å². The van der Waals surface area contributed by atoms with Gasteiger partial charge >= 0.3 is 0 Å². The van der Waals surface area contributed by atoms with Gasteiger partial charge < -0.3 is 14.0 Å². The minimum absolute atomic E-state index is 0.647. The monoisotopic (exact) mass is 245 g/mol. The molecule has 96 valence electrons. The maximum absolute atomic E-state index is 5.72. The van der Waals surface area contributed by atoms with Gasteiger partial charge in [-0.15, -0.1) is 0 Å². The summed E-state index contributed by atoms with van der Waals surface area (Å²) in [7, 11) is 0. The number of hydrogen-bond acceptors (Lipinski definition) is 2. The summed E-state index contributed by atoms with van der Waals surface area (Å²) in [6, 6.07) is 8.30. The van der Waals surface area contributed by atoms with Crippen LogP contribution in [-0.4, -0.2) is 17.8 Å². The molecule has 1 aliphatic carbocycles. The average molecular weight is 245 g/mol. The third-order valence-electron chi connectivity index (χ3n) is 3.33. The molecule has 0 bridgehead atoms. The van der Waals surface area contributed by atoms with Crippen LogP contribution in [0.5, 0.6) is 5.75 Å². The summed E-state index contributed by atoms with van der Waals surface area (Å²) in [5.41, 5.74) is 1.20. The summed E-state index contributed by atoms with van der Waals surface area (Å²) < 4.78 is 13.4. The fourth-order valence-corrected chi connectivity index (χ4v) is 2.15. The maximum atomic E-state index is 5.72. The number of fused-ring (bicyclic) bond motifs is 1. The standard InChI is InChI=1S/C15H19NO2/c1-2-18-14-5-6-15-13(9-14)7-8-16(15)11-17-10-12-3-4-12/h5-9,12H,2-4,10-11H2,1H3. The van der Waals surface area contributed by atoms with Crippen LogP contribution < -0.4 is 4.74 Å². The first kappa shape index (κ1) is 11.6. The van der Waals surface area contributed by atoms with E-state index < -0.39 is 0 Å². The first-order valence-electron chi connectivity index (χ1n) is 6.66. The van der Waals surface area contributed by atoms with Crippen LogP contribution >= 0.6 is 0 Å². The van der Waals surface area contributed by atoms with E-state index in [0.717, 1.165) is 18.3 Å². The third-order valence-corrected chi connectivity index (χ3v) is 3.33. The Morgan fingerprint density at radius 1 is 1.28 bits per heavy atom. The Balaban J connectivity index is 1.71. The van der Waals surface area contributed by atoms with Gasteiger partial charge in [-0.05, 0) is 49.9 Å². The zero-order valence-corrected chi connectivity index (χ0v) is 10.8. The third kappa shape index (κ3) is 2.51. The summed E-state index contributed by atoms with van der Waals surface area (Å²) >= 11 is 0. The molecular formula is C15H19NO2. The van der Waals surface area contributed by atoms with Crippen LogP contribution in [0.1, 0.15) is 19.8 Å². The van der Waals surface area contributed by atoms with Gasteiger partial charge in [-0.1, -0.05) is 0 Å². The zero-order valence-electron chi connectivity index (χ0n) is 10.8. The molecule has 0 spiro atoms. The summed E-state index contributed by atoms with van der Waals surface area (Å²) in [5, 5.41) is 1.20. The highest BCUT2D eigenvalue weighted by Crippen LogP contribution is 2.29. The van der Waals surface area contributed by atoms with Gasteiger partial charge in [-0.3, -0.25) is 0 Å². The number of nitrogens with zero attached hydrogens (tertiary/aromatic N) is 1. The Labute approximate surface area is 107 Å². The van der Waals surface area contributed by atoms with E-state index in [4.69, 9.17) is 9.47 Å². The summed E-state index contributed by atoms with van der Waals surface area (Å²) in [4.78, 5) is 0. The molecule has 3 nitrogen and oxygen atoms in total. The van der Waals surface area contributed by atoms with Crippen LogP contribution in [0.25, 0.3) is 10.9 Å². The SMILES string of the molecule is CCOc1ccc2c(ccn2COCC2CC2)c1. The predicted molar refractivity (Wildman–Crippen MR) is 71.8 cm³/mol. The molecule has 1 saturated carbocycles. The van der Waals surface area contributed by atoms with Gasteiger partial charge in [0.2, 0.25) is 0 Å². The summed E-state index contributed by atoms with van der Waals surface area (Å²) in [5.74, 6) is 1.75. The van der Waals surface area contributed by atoms with Crippen LogP contribution in [0.4, 0.5) is 0 Å². The molecule has 18 heavy (non-hydrogen) atoms. The van der Waals surface area contributed by atoms with E-state index in [1.807, 2.05) is 13.0 Å². The Morgan fingerprint density at radius 2 is 2.17 bits per heavy atom. The van der Waals surface area contributed by atoms with E-state index in [0.29, 0.717) is 13.3 Å². The number of aromatic nitrogens is 1. The fraction of sp³-hybridized carbons (Fsp3) is 0.467. The molecule has 1 aromatic heterocycles. The van der Waals surface area contributed by atoms with Crippen molar-refractivity contribution in [2.45, 2.75) is 26.5 Å². The van der Waals surface area contributed by atoms with Crippen molar-refractivity contribution in [3.8, 4) is 5.75 Å². The molecule has 3 heteroatoms. The molecule has 2 aromatic rings. The highest BCUT2D eigenvalue weighted by atomic mass is 16.5. The van der Waals surface area contributed by atoms with Crippen LogP contribution in [-0.2, 0) is 11.5 Å². The lowest BCUT2D eigenvalue weighted by atomic mass is 10.2. The molecule has 1 fully saturated rings. The van der Waals surface area contributed by atoms with Crippen LogP contribution in [0, 0.1) is 5.92 Å². The highest BCUT2D eigenvalue weighted by Gasteiger charge is 2.21. The van der Waals surface area contributed by atoms with Crippen molar-refractivity contribution in [1.29, 1.82) is 0 Å². The molecule has 0 aliphatic heterocycles. The average Bonchev–Trinajstić information content (AvgIpc) is 3.11. The second-order valence-corrected chi connectivity index (χ2v) is 4.88. The molecule has 0 N–H and O–H groups in total. The Kier molecular flexibility index (Phi) is 3.24. The molecule has 3 rings (SSSR count). The minimum atomic E-state index is 0.647. The van der Waals surface area contributed by atoms with E-state index in [-0.39, 0.29) is 0 Å². The largest absolute Gasteiger partial charge is 0.494 e. The molecule has 1 aliphatic rings. The second kappa shape index (κ2) is 5.02. The maximum Gasteiger partial charge on any atom is 0.122 e. The molecular weight excluding hydrogens is 226 g/mol. The fourth-order valence-electron chi connectivity index (χ4n) is 2.15. The Bertz CT molecular complexity index is 528. The van der Waals surface area contributed by atoms with Crippen molar-refractivity contribution in [1.82, 2.24) is 4.57 Å². The van der Waals surface area contributed by atoms with Gasteiger partial charge in [0.1, 0.15) is 12.5 Å². The van der Waals surface area contributed by atoms with Gasteiger partial charge in [0.25, 0.3) is 0 Å². The molecule has 1 heterocycles. The predicted octanol–water partition coefficient (Wildman–Crippen LogP) is 3.42. The lowest BCUT2D eigenvalue weighted by Crippen LogP contribution is -2.03. The normalized spacial score (nSPS) is 15.2. The van der Waals surface area contributed by atoms with Crippen molar-refractivity contribution < 1.29 is 9.47 Å². The van der Waals surface area contributed by atoms with Crippen molar-refractivity contribution in [3.63, 3.8) is 0 Å². The number of ether oxygens (including phenoxy) is 2. The zero-order chi connectivity index (χ0) is 12.4. The van der Waals surface area contributed by atoms with Crippen LogP contribution in [0.2, 0.25) is 0 Å². The highest BCUT2D eigenvalue weighted by molar-refractivity contribution is 5.81. The number of hydrogen-bond donors (Lipinski definition) is 0. The molecule has 1 aromatic carbocycles. The number of rotatable bonds is 6. The van der Waals surface area contributed by atoms with Gasteiger partial charge in [-0.25, -0.2) is 0 Å². The number of benzene rings is 1. The van der Waals surface area contributed by atoms with Gasteiger partial charge in [0.15, 0.2) is 0 Å². The first-order chi connectivity index (χ1) is 8.86. The Morgan fingerprint density at radius 3 is 2.94 bits per heavy atom. The smallest absolute Gasteiger partial charge is 0.122 e. The van der Waals surface area contributed by atoms with Crippen molar-refractivity contribution in [2.24, 2.45) is 5.92 Å². The van der Waals surface area contributed by atoms with Crippen molar-refractivity contribution in [2.75, 3.05) is 13.2 Å². The molecule has 0 atom stereocenters. The van der Waals surface area contributed by atoms with Crippen molar-refractivity contribution in [3.05, 3.63) is 30.5 Å². The lowest BCUT2D eigenvalue weighted by molar-refractivity contribution is 0.0718. The molecule has 0 unspecified atom stereocenters. The van der Waals surface area contributed by atoms with Gasteiger partial charge in [-0.2, -0.15) is 0 Å². The van der Waals surface area contributed by atoms with Gasteiger partial charge in [0.05, 0.1) is 18.7 Å². The first-order valence-corrected chi connectivity index (χ1v) is 6.66. The van der Waals surface area contributed by atoms with Gasteiger partial charge in [0, 0.05) is 11.6 Å². The quantitative estimate of drug-likeness (QED) is 0.778. The van der Waals surface area contributed by atoms with Crippen molar-refractivity contribution >= 4 is 10.9 Å². The van der Waals surface area contributed by atoms with E-state index in [2.05, 4.69) is 29.0 Å². The van der Waals surface area contributed by atoms with E-state index >= 15 is 0 Å². The van der Waals surface area contributed by atoms with Crippen LogP contribution in [0.15, 0.2) is 30.5 Å². The Hall–Kier alpha value is -1.48. The molecule has 0 amide bonds.